The second kappa shape index (κ2) is 13.2. The Morgan fingerprint density at radius 3 is 2.30 bits per heavy atom. The maximum atomic E-state index is 13.7. The van der Waals surface area contributed by atoms with Gasteiger partial charge in [0.05, 0.1) is 44.6 Å². The van der Waals surface area contributed by atoms with Crippen LogP contribution in [0.1, 0.15) is 57.2 Å². The lowest BCUT2D eigenvalue weighted by atomic mass is 9.95. The molecule has 43 heavy (non-hydrogen) atoms. The van der Waals surface area contributed by atoms with Crippen LogP contribution < -0.4 is 35.6 Å². The Bertz CT molecular complexity index is 1560. The van der Waals surface area contributed by atoms with E-state index in [1.54, 1.807) is 19.2 Å². The number of carbonyl (C=O) groups is 2. The molecule has 2 amide bonds. The van der Waals surface area contributed by atoms with Crippen LogP contribution in [-0.4, -0.2) is 65.2 Å². The molecule has 0 bridgehead atoms. The molecule has 0 spiro atoms. The number of rotatable bonds is 10. The summed E-state index contributed by atoms with van der Waals surface area (Å²) < 4.78 is 40.9. The molecule has 0 radical (unpaired) electrons. The second-order valence-corrected chi connectivity index (χ2v) is 13.8. The number of aryl methyl sites for hydroxylation is 1. The highest BCUT2D eigenvalue weighted by atomic mass is 32.2. The highest BCUT2D eigenvalue weighted by Gasteiger charge is 2.32. The minimum absolute atomic E-state index is 0.0437. The predicted octanol–water partition coefficient (Wildman–Crippen LogP) is 2.99. The van der Waals surface area contributed by atoms with Crippen molar-refractivity contribution in [2.24, 2.45) is 5.92 Å². The fourth-order valence-corrected chi connectivity index (χ4v) is 7.60. The number of benzene rings is 1. The third-order valence-electron chi connectivity index (χ3n) is 7.85. The fraction of sp³-hybridized carbons (Fsp3) is 0.516. The summed E-state index contributed by atoms with van der Waals surface area (Å²) in [5.41, 5.74) is 2.76. The molecular formula is C31H41N3O8S. The van der Waals surface area contributed by atoms with Gasteiger partial charge in [0.25, 0.3) is 0 Å². The summed E-state index contributed by atoms with van der Waals surface area (Å²) in [6, 6.07) is 5.12. The molecule has 1 unspecified atom stereocenters. The molecular weight excluding hydrogens is 574 g/mol. The number of hydrogen-bond donors (Lipinski definition) is 3. The van der Waals surface area contributed by atoms with E-state index in [9.17, 15) is 22.8 Å². The number of methoxy groups -OCH3 is 3. The Labute approximate surface area is 252 Å². The van der Waals surface area contributed by atoms with E-state index >= 15 is 0 Å². The standard InChI is InChI=1S/C31H41N3O8S/c1-17(2)13-25(31(37)33-20-11-12-43(38,39)16-20)34-24-10-8-21-22(15-26(24)36)23(32-18(3)35)9-7-19-14-27(40-4)29(41-5)30(42-6)28(19)21/h8,10,14-15,17,20,23,25H,7,9,11-13,16H2,1-6H3,(H,32,35)(H,33,37)(H,34,36)/t20?,23-,25-/m0/s1. The van der Waals surface area contributed by atoms with E-state index in [-0.39, 0.29) is 40.4 Å². The lowest BCUT2D eigenvalue weighted by Crippen LogP contribution is -2.46. The average Bonchev–Trinajstić information content (AvgIpc) is 3.11. The number of ether oxygens (including phenoxy) is 3. The van der Waals surface area contributed by atoms with Crippen molar-refractivity contribution in [3.63, 3.8) is 0 Å². The monoisotopic (exact) mass is 615 g/mol. The zero-order valence-corrected chi connectivity index (χ0v) is 26.4. The summed E-state index contributed by atoms with van der Waals surface area (Å²) in [6.45, 7) is 5.37. The van der Waals surface area contributed by atoms with Gasteiger partial charge in [-0.25, -0.2) is 8.42 Å². The van der Waals surface area contributed by atoms with Crippen LogP contribution in [0.4, 0.5) is 5.69 Å². The Morgan fingerprint density at radius 2 is 1.72 bits per heavy atom. The van der Waals surface area contributed by atoms with Gasteiger partial charge in [0.2, 0.25) is 23.0 Å². The number of fused-ring (bicyclic) bond motifs is 3. The third kappa shape index (κ3) is 7.23. The van der Waals surface area contributed by atoms with Crippen LogP contribution in [0.25, 0.3) is 11.1 Å². The van der Waals surface area contributed by atoms with Crippen molar-refractivity contribution < 1.29 is 32.2 Å². The van der Waals surface area contributed by atoms with Crippen LogP contribution in [0.3, 0.4) is 0 Å². The highest BCUT2D eigenvalue weighted by molar-refractivity contribution is 7.91. The first-order valence-electron chi connectivity index (χ1n) is 14.4. The van der Waals surface area contributed by atoms with Gasteiger partial charge >= 0.3 is 0 Å². The smallest absolute Gasteiger partial charge is 0.242 e. The molecule has 0 aromatic heterocycles. The first-order valence-corrected chi connectivity index (χ1v) is 16.2. The molecule has 1 heterocycles. The zero-order valence-electron chi connectivity index (χ0n) is 25.5. The van der Waals surface area contributed by atoms with Gasteiger partial charge in [0, 0.05) is 18.5 Å². The first-order chi connectivity index (χ1) is 20.4. The molecule has 3 atom stereocenters. The van der Waals surface area contributed by atoms with Crippen LogP contribution in [0.5, 0.6) is 17.2 Å². The Kier molecular flexibility index (Phi) is 9.89. The molecule has 12 heteroatoms. The van der Waals surface area contributed by atoms with E-state index in [1.807, 2.05) is 19.9 Å². The SMILES string of the molecule is COc1cc2c(c(OC)c1OC)-c1ccc(N[C@@H](CC(C)C)C(=O)NC3CCS(=O)(=O)C3)c(=O)cc1[C@@H](NC(C)=O)CC2. The van der Waals surface area contributed by atoms with Crippen molar-refractivity contribution >= 4 is 27.3 Å². The summed E-state index contributed by atoms with van der Waals surface area (Å²) in [5, 5.41) is 8.99. The first kappa shape index (κ1) is 32.1. The molecule has 2 aliphatic rings. The lowest BCUT2D eigenvalue weighted by molar-refractivity contribution is -0.122. The van der Waals surface area contributed by atoms with Crippen molar-refractivity contribution in [3.05, 3.63) is 45.6 Å². The van der Waals surface area contributed by atoms with Gasteiger partial charge in [0.1, 0.15) is 6.04 Å². The number of nitrogens with one attached hydrogen (secondary N) is 3. The quantitative estimate of drug-likeness (QED) is 0.367. The molecule has 1 fully saturated rings. The molecule has 0 saturated carbocycles. The van der Waals surface area contributed by atoms with Gasteiger partial charge in [-0.2, -0.15) is 0 Å². The number of amides is 2. The van der Waals surface area contributed by atoms with Crippen molar-refractivity contribution in [1.29, 1.82) is 0 Å². The molecule has 1 aliphatic heterocycles. The minimum Gasteiger partial charge on any atom is -0.493 e. The molecule has 2 aromatic carbocycles. The van der Waals surface area contributed by atoms with Crippen molar-refractivity contribution in [2.75, 3.05) is 38.2 Å². The molecule has 4 rings (SSSR count). The van der Waals surface area contributed by atoms with E-state index in [1.165, 1.54) is 27.2 Å². The van der Waals surface area contributed by atoms with E-state index in [4.69, 9.17) is 14.2 Å². The van der Waals surface area contributed by atoms with Gasteiger partial charge in [-0.05, 0) is 66.5 Å². The van der Waals surface area contributed by atoms with Crippen molar-refractivity contribution in [3.8, 4) is 28.4 Å². The van der Waals surface area contributed by atoms with Gasteiger partial charge in [-0.1, -0.05) is 19.9 Å². The minimum atomic E-state index is -3.17. The number of sulfone groups is 1. The molecule has 11 nitrogen and oxygen atoms in total. The van der Waals surface area contributed by atoms with Crippen LogP contribution in [0.15, 0.2) is 29.1 Å². The van der Waals surface area contributed by atoms with Crippen LogP contribution in [-0.2, 0) is 25.8 Å². The van der Waals surface area contributed by atoms with Gasteiger partial charge in [-0.3, -0.25) is 14.4 Å². The van der Waals surface area contributed by atoms with Crippen LogP contribution >= 0.6 is 0 Å². The maximum absolute atomic E-state index is 13.7. The number of hydrogen-bond acceptors (Lipinski definition) is 9. The number of carbonyl (C=O) groups excluding carboxylic acids is 2. The molecule has 1 aliphatic carbocycles. The largest absolute Gasteiger partial charge is 0.493 e. The lowest BCUT2D eigenvalue weighted by Gasteiger charge is -2.22. The summed E-state index contributed by atoms with van der Waals surface area (Å²) in [5.74, 6) is 0.827. The summed E-state index contributed by atoms with van der Waals surface area (Å²) >= 11 is 0. The van der Waals surface area contributed by atoms with E-state index in [0.29, 0.717) is 54.1 Å². The Morgan fingerprint density at radius 1 is 1.00 bits per heavy atom. The van der Waals surface area contributed by atoms with Crippen LogP contribution in [0, 0.1) is 5.92 Å². The third-order valence-corrected chi connectivity index (χ3v) is 9.62. The molecule has 3 N–H and O–H groups in total. The Hall–Kier alpha value is -3.80. The molecule has 2 aromatic rings. The summed E-state index contributed by atoms with van der Waals surface area (Å²) in [6.07, 6.45) is 1.88. The summed E-state index contributed by atoms with van der Waals surface area (Å²) in [4.78, 5) is 39.3. The van der Waals surface area contributed by atoms with Crippen molar-refractivity contribution in [1.82, 2.24) is 10.6 Å². The fourth-order valence-electron chi connectivity index (χ4n) is 5.93. The highest BCUT2D eigenvalue weighted by Crippen LogP contribution is 2.50. The van der Waals surface area contributed by atoms with Crippen LogP contribution in [0.2, 0.25) is 0 Å². The summed E-state index contributed by atoms with van der Waals surface area (Å²) in [7, 11) is 1.43. The molecule has 1 saturated heterocycles. The topological polar surface area (TPSA) is 149 Å². The normalized spacial score (nSPS) is 19.3. The van der Waals surface area contributed by atoms with E-state index < -0.39 is 28.0 Å². The van der Waals surface area contributed by atoms with E-state index in [2.05, 4.69) is 16.0 Å². The average molecular weight is 616 g/mol. The van der Waals surface area contributed by atoms with Gasteiger partial charge in [-0.15, -0.1) is 0 Å². The molecule has 234 valence electrons. The predicted molar refractivity (Wildman–Crippen MR) is 165 cm³/mol. The van der Waals surface area contributed by atoms with E-state index in [0.717, 1.165) is 11.1 Å². The van der Waals surface area contributed by atoms with Gasteiger partial charge in [0.15, 0.2) is 21.3 Å². The maximum Gasteiger partial charge on any atom is 0.242 e. The van der Waals surface area contributed by atoms with Gasteiger partial charge < -0.3 is 30.2 Å². The van der Waals surface area contributed by atoms with Crippen molar-refractivity contribution in [2.45, 2.75) is 64.6 Å². The zero-order chi connectivity index (χ0) is 31.5. The Balaban J connectivity index is 1.82. The second-order valence-electron chi connectivity index (χ2n) is 11.5. The number of anilines is 1.